The van der Waals surface area contributed by atoms with E-state index in [1.165, 1.54) is 25.3 Å². The van der Waals surface area contributed by atoms with Gasteiger partial charge in [-0.3, -0.25) is 0 Å². The molecule has 0 fully saturated rings. The Morgan fingerprint density at radius 1 is 1.25 bits per heavy atom. The molecular weight excluding hydrogens is 261 g/mol. The fraction of sp³-hybridized carbons (Fsp3) is 0.133. The quantitative estimate of drug-likeness (QED) is 0.688. The number of esters is 1. The molecule has 104 valence electrons. The predicted molar refractivity (Wildman–Crippen MR) is 72.9 cm³/mol. The van der Waals surface area contributed by atoms with Crippen molar-refractivity contribution in [3.05, 3.63) is 59.4 Å². The third-order valence-electron chi connectivity index (χ3n) is 2.74. The van der Waals surface area contributed by atoms with Crippen molar-refractivity contribution < 1.29 is 18.7 Å². The van der Waals surface area contributed by atoms with Gasteiger partial charge in [0.1, 0.15) is 18.2 Å². The smallest absolute Gasteiger partial charge is 0.338 e. The van der Waals surface area contributed by atoms with Gasteiger partial charge in [-0.05, 0) is 30.3 Å². The third kappa shape index (κ3) is 3.26. The number of nitrogens with two attached hydrogens (primary N) is 1. The number of hydrogen-bond acceptors (Lipinski definition) is 4. The Morgan fingerprint density at radius 3 is 2.70 bits per heavy atom. The number of hydrogen-bond donors (Lipinski definition) is 1. The monoisotopic (exact) mass is 275 g/mol. The number of ether oxygens (including phenoxy) is 2. The maximum atomic E-state index is 13.7. The lowest BCUT2D eigenvalue weighted by Crippen LogP contribution is -2.06. The molecule has 0 aromatic heterocycles. The lowest BCUT2D eigenvalue weighted by molar-refractivity contribution is 0.0469. The molecule has 4 nitrogen and oxygen atoms in total. The number of benzene rings is 2. The first-order chi connectivity index (χ1) is 9.60. The highest BCUT2D eigenvalue weighted by molar-refractivity contribution is 5.90. The molecule has 5 heteroatoms. The van der Waals surface area contributed by atoms with Crippen molar-refractivity contribution in [2.75, 3.05) is 12.8 Å². The number of anilines is 1. The molecule has 0 aliphatic rings. The van der Waals surface area contributed by atoms with Gasteiger partial charge >= 0.3 is 5.97 Å². The highest BCUT2D eigenvalue weighted by Gasteiger charge is 2.10. The zero-order chi connectivity index (χ0) is 14.5. The summed E-state index contributed by atoms with van der Waals surface area (Å²) in [6.07, 6.45) is 0. The van der Waals surface area contributed by atoms with E-state index in [9.17, 15) is 9.18 Å². The summed E-state index contributed by atoms with van der Waals surface area (Å²) < 4.78 is 23.6. The minimum absolute atomic E-state index is 0.149. The van der Waals surface area contributed by atoms with E-state index in [-0.39, 0.29) is 12.2 Å². The van der Waals surface area contributed by atoms with Crippen LogP contribution in [0.5, 0.6) is 5.75 Å². The molecule has 0 unspecified atom stereocenters. The van der Waals surface area contributed by atoms with Crippen LogP contribution < -0.4 is 10.5 Å². The first-order valence-corrected chi connectivity index (χ1v) is 5.95. The minimum atomic E-state index is -0.549. The highest BCUT2D eigenvalue weighted by atomic mass is 19.1. The fourth-order valence-corrected chi connectivity index (χ4v) is 1.66. The van der Waals surface area contributed by atoms with Crippen molar-refractivity contribution in [2.24, 2.45) is 0 Å². The standard InChI is InChI=1S/C15H14FNO3/c1-19-13-6-5-11(14(16)8-13)9-20-15(18)10-3-2-4-12(17)7-10/h2-8H,9,17H2,1H3. The Hall–Kier alpha value is -2.56. The lowest BCUT2D eigenvalue weighted by atomic mass is 10.2. The van der Waals surface area contributed by atoms with E-state index >= 15 is 0 Å². The number of carbonyl (C=O) groups excluding carboxylic acids is 1. The van der Waals surface area contributed by atoms with Crippen LogP contribution in [0.4, 0.5) is 10.1 Å². The van der Waals surface area contributed by atoms with Gasteiger partial charge in [-0.15, -0.1) is 0 Å². The van der Waals surface area contributed by atoms with E-state index in [1.54, 1.807) is 24.3 Å². The fourth-order valence-electron chi connectivity index (χ4n) is 1.66. The number of methoxy groups -OCH3 is 1. The normalized spacial score (nSPS) is 10.1. The van der Waals surface area contributed by atoms with Crippen LogP contribution in [0.15, 0.2) is 42.5 Å². The Balaban J connectivity index is 2.03. The Labute approximate surface area is 115 Å². The summed E-state index contributed by atoms with van der Waals surface area (Å²) in [5, 5.41) is 0. The van der Waals surface area contributed by atoms with Crippen molar-refractivity contribution in [3.8, 4) is 5.75 Å². The van der Waals surface area contributed by atoms with Gasteiger partial charge in [0, 0.05) is 17.3 Å². The molecule has 0 saturated carbocycles. The summed E-state index contributed by atoms with van der Waals surface area (Å²) in [4.78, 5) is 11.8. The molecule has 0 saturated heterocycles. The highest BCUT2D eigenvalue weighted by Crippen LogP contribution is 2.17. The Kier molecular flexibility index (Phi) is 4.20. The maximum Gasteiger partial charge on any atom is 0.338 e. The molecule has 0 spiro atoms. The van der Waals surface area contributed by atoms with Crippen LogP contribution in [0.1, 0.15) is 15.9 Å². The molecule has 0 aliphatic heterocycles. The first-order valence-electron chi connectivity index (χ1n) is 5.95. The van der Waals surface area contributed by atoms with Crippen molar-refractivity contribution in [3.63, 3.8) is 0 Å². The molecule has 2 aromatic carbocycles. The van der Waals surface area contributed by atoms with Gasteiger partial charge in [-0.2, -0.15) is 0 Å². The molecule has 0 bridgehead atoms. The van der Waals surface area contributed by atoms with E-state index in [2.05, 4.69) is 0 Å². The first kappa shape index (κ1) is 13.9. The van der Waals surface area contributed by atoms with Crippen LogP contribution in [-0.4, -0.2) is 13.1 Å². The topological polar surface area (TPSA) is 61.5 Å². The summed E-state index contributed by atoms with van der Waals surface area (Å²) in [6, 6.07) is 10.8. The number of nitrogen functional groups attached to an aromatic ring is 1. The summed E-state index contributed by atoms with van der Waals surface area (Å²) in [7, 11) is 1.45. The minimum Gasteiger partial charge on any atom is -0.497 e. The van der Waals surface area contributed by atoms with Crippen molar-refractivity contribution in [1.29, 1.82) is 0 Å². The number of carbonyl (C=O) groups is 1. The van der Waals surface area contributed by atoms with E-state index in [0.717, 1.165) is 0 Å². The van der Waals surface area contributed by atoms with E-state index in [1.807, 2.05) is 0 Å². The van der Waals surface area contributed by atoms with E-state index in [0.29, 0.717) is 17.0 Å². The zero-order valence-electron chi connectivity index (χ0n) is 10.9. The number of halogens is 1. The van der Waals surface area contributed by atoms with Gasteiger partial charge in [0.2, 0.25) is 0 Å². The van der Waals surface area contributed by atoms with Crippen LogP contribution in [0.2, 0.25) is 0 Å². The average Bonchev–Trinajstić information content (AvgIpc) is 2.45. The van der Waals surface area contributed by atoms with Crippen molar-refractivity contribution in [2.45, 2.75) is 6.61 Å². The molecule has 0 aliphatic carbocycles. The second-order valence-corrected chi connectivity index (χ2v) is 4.16. The Morgan fingerprint density at radius 2 is 2.05 bits per heavy atom. The van der Waals surface area contributed by atoms with Gasteiger partial charge in [0.25, 0.3) is 0 Å². The molecule has 0 heterocycles. The molecule has 2 aromatic rings. The summed E-state index contributed by atoms with van der Waals surface area (Å²) in [6.45, 7) is -0.149. The molecule has 0 atom stereocenters. The van der Waals surface area contributed by atoms with Gasteiger partial charge in [-0.25, -0.2) is 9.18 Å². The molecule has 2 rings (SSSR count). The SMILES string of the molecule is COc1ccc(COC(=O)c2cccc(N)c2)c(F)c1. The predicted octanol–water partition coefficient (Wildman–Crippen LogP) is 2.77. The largest absolute Gasteiger partial charge is 0.497 e. The van der Waals surface area contributed by atoms with Crippen molar-refractivity contribution >= 4 is 11.7 Å². The molecule has 0 amide bonds. The van der Waals surface area contributed by atoms with E-state index in [4.69, 9.17) is 15.2 Å². The van der Waals surface area contributed by atoms with Crippen molar-refractivity contribution in [1.82, 2.24) is 0 Å². The molecule has 20 heavy (non-hydrogen) atoms. The van der Waals surface area contributed by atoms with Crippen LogP contribution in [0, 0.1) is 5.82 Å². The summed E-state index contributed by atoms with van der Waals surface area (Å²) in [5.74, 6) is -0.620. The molecular formula is C15H14FNO3. The van der Waals surface area contributed by atoms with Gasteiger partial charge in [-0.1, -0.05) is 6.07 Å². The molecule has 2 N–H and O–H groups in total. The van der Waals surface area contributed by atoms with E-state index < -0.39 is 11.8 Å². The zero-order valence-corrected chi connectivity index (χ0v) is 10.9. The number of rotatable bonds is 4. The van der Waals surface area contributed by atoms with Crippen LogP contribution in [0.25, 0.3) is 0 Å². The van der Waals surface area contributed by atoms with Gasteiger partial charge < -0.3 is 15.2 Å². The van der Waals surface area contributed by atoms with Gasteiger partial charge in [0.05, 0.1) is 12.7 Å². The summed E-state index contributed by atoms with van der Waals surface area (Å²) in [5.41, 5.74) is 6.66. The second kappa shape index (κ2) is 6.06. The Bertz CT molecular complexity index is 628. The average molecular weight is 275 g/mol. The maximum absolute atomic E-state index is 13.7. The summed E-state index contributed by atoms with van der Waals surface area (Å²) >= 11 is 0. The lowest BCUT2D eigenvalue weighted by Gasteiger charge is -2.07. The van der Waals surface area contributed by atoms with Crippen LogP contribution in [0.3, 0.4) is 0 Å². The molecule has 0 radical (unpaired) electrons. The second-order valence-electron chi connectivity index (χ2n) is 4.16. The van der Waals surface area contributed by atoms with Crippen LogP contribution in [-0.2, 0) is 11.3 Å². The third-order valence-corrected chi connectivity index (χ3v) is 2.74. The van der Waals surface area contributed by atoms with Crippen LogP contribution >= 0.6 is 0 Å². The van der Waals surface area contributed by atoms with Gasteiger partial charge in [0.15, 0.2) is 0 Å².